The monoisotopic (exact) mass is 372 g/mol. The summed E-state index contributed by atoms with van der Waals surface area (Å²) in [7, 11) is 3.20. The van der Waals surface area contributed by atoms with Crippen molar-refractivity contribution in [1.82, 2.24) is 14.9 Å². The lowest BCUT2D eigenvalue weighted by atomic mass is 10.1. The fraction of sp³-hybridized carbons (Fsp3) is 0.526. The summed E-state index contributed by atoms with van der Waals surface area (Å²) in [4.78, 5) is 25.6. The largest absolute Gasteiger partial charge is 0.493 e. The summed E-state index contributed by atoms with van der Waals surface area (Å²) < 4.78 is 16.6. The standard InChI is InChI=1S/C19H24N4O4/c1-25-15-9-13-14(10-16(15)26-2)20-12-21-18(13)23-7-8-27-17(11-23)19(24)22-5-3-4-6-22/h9-10,12,17H,3-8,11H2,1-2H3. The van der Waals surface area contributed by atoms with E-state index in [-0.39, 0.29) is 5.91 Å². The fourth-order valence-corrected chi connectivity index (χ4v) is 3.75. The predicted octanol–water partition coefficient (Wildman–Crippen LogP) is 1.47. The highest BCUT2D eigenvalue weighted by molar-refractivity contribution is 5.92. The number of hydrogen-bond acceptors (Lipinski definition) is 7. The molecule has 144 valence electrons. The average Bonchev–Trinajstić information content (AvgIpc) is 3.26. The number of ether oxygens (including phenoxy) is 3. The van der Waals surface area contributed by atoms with Crippen LogP contribution < -0.4 is 14.4 Å². The Kier molecular flexibility index (Phi) is 4.98. The second-order valence-electron chi connectivity index (χ2n) is 6.76. The molecule has 2 fully saturated rings. The third-order valence-corrected chi connectivity index (χ3v) is 5.18. The maximum Gasteiger partial charge on any atom is 0.253 e. The molecule has 2 aliphatic rings. The average molecular weight is 372 g/mol. The molecular formula is C19H24N4O4. The number of carbonyl (C=O) groups excluding carboxylic acids is 1. The summed E-state index contributed by atoms with van der Waals surface area (Å²) in [6.45, 7) is 3.29. The van der Waals surface area contributed by atoms with Crippen molar-refractivity contribution in [3.05, 3.63) is 18.5 Å². The number of fused-ring (bicyclic) bond motifs is 1. The number of amides is 1. The van der Waals surface area contributed by atoms with Crippen LogP contribution in [0, 0.1) is 0 Å². The maximum absolute atomic E-state index is 12.7. The zero-order valence-electron chi connectivity index (χ0n) is 15.7. The van der Waals surface area contributed by atoms with Gasteiger partial charge in [-0.2, -0.15) is 0 Å². The third-order valence-electron chi connectivity index (χ3n) is 5.18. The molecule has 8 nitrogen and oxygen atoms in total. The maximum atomic E-state index is 12.7. The van der Waals surface area contributed by atoms with Crippen LogP contribution in [0.5, 0.6) is 11.5 Å². The van der Waals surface area contributed by atoms with E-state index in [1.165, 1.54) is 6.33 Å². The molecule has 0 N–H and O–H groups in total. The van der Waals surface area contributed by atoms with Crippen LogP contribution in [-0.2, 0) is 9.53 Å². The minimum absolute atomic E-state index is 0.0785. The Morgan fingerprint density at radius 1 is 1.11 bits per heavy atom. The van der Waals surface area contributed by atoms with Crippen LogP contribution in [-0.4, -0.2) is 73.9 Å². The quantitative estimate of drug-likeness (QED) is 0.804. The fourth-order valence-electron chi connectivity index (χ4n) is 3.75. The number of nitrogens with zero attached hydrogens (tertiary/aromatic N) is 4. The molecule has 0 aliphatic carbocycles. The van der Waals surface area contributed by atoms with Crippen molar-refractivity contribution >= 4 is 22.6 Å². The predicted molar refractivity (Wildman–Crippen MR) is 100 cm³/mol. The Morgan fingerprint density at radius 2 is 1.85 bits per heavy atom. The number of hydrogen-bond donors (Lipinski definition) is 0. The third kappa shape index (κ3) is 3.37. The van der Waals surface area contributed by atoms with Crippen molar-refractivity contribution in [2.45, 2.75) is 18.9 Å². The van der Waals surface area contributed by atoms with Crippen molar-refractivity contribution in [2.75, 3.05) is 51.9 Å². The number of rotatable bonds is 4. The van der Waals surface area contributed by atoms with E-state index in [9.17, 15) is 4.79 Å². The van der Waals surface area contributed by atoms with E-state index in [1.54, 1.807) is 14.2 Å². The first kappa shape index (κ1) is 17.8. The Hall–Kier alpha value is -2.61. The summed E-state index contributed by atoms with van der Waals surface area (Å²) in [6.07, 6.45) is 3.22. The molecule has 3 heterocycles. The molecule has 0 radical (unpaired) electrons. The van der Waals surface area contributed by atoms with Crippen LogP contribution in [0.15, 0.2) is 18.5 Å². The van der Waals surface area contributed by atoms with Gasteiger partial charge in [0, 0.05) is 31.1 Å². The summed E-state index contributed by atoms with van der Waals surface area (Å²) in [5, 5.41) is 0.865. The number of benzene rings is 1. The molecule has 0 spiro atoms. The van der Waals surface area contributed by atoms with E-state index in [1.807, 2.05) is 17.0 Å². The molecule has 1 atom stereocenters. The van der Waals surface area contributed by atoms with Crippen molar-refractivity contribution in [1.29, 1.82) is 0 Å². The first-order valence-corrected chi connectivity index (χ1v) is 9.23. The van der Waals surface area contributed by atoms with Crippen LogP contribution in [0.4, 0.5) is 5.82 Å². The van der Waals surface area contributed by atoms with Gasteiger partial charge >= 0.3 is 0 Å². The number of morpholine rings is 1. The lowest BCUT2D eigenvalue weighted by Crippen LogP contribution is -2.50. The van der Waals surface area contributed by atoms with Gasteiger partial charge in [0.1, 0.15) is 12.1 Å². The highest BCUT2D eigenvalue weighted by Gasteiger charge is 2.32. The molecule has 1 aromatic heterocycles. The highest BCUT2D eigenvalue weighted by Crippen LogP contribution is 2.35. The number of anilines is 1. The summed E-state index contributed by atoms with van der Waals surface area (Å²) in [6, 6.07) is 3.73. The van der Waals surface area contributed by atoms with Gasteiger partial charge in [-0.3, -0.25) is 4.79 Å². The minimum Gasteiger partial charge on any atom is -0.493 e. The molecule has 1 amide bonds. The second kappa shape index (κ2) is 7.56. The van der Waals surface area contributed by atoms with E-state index in [0.29, 0.717) is 31.2 Å². The van der Waals surface area contributed by atoms with Gasteiger partial charge < -0.3 is 24.0 Å². The topological polar surface area (TPSA) is 77.0 Å². The summed E-state index contributed by atoms with van der Waals surface area (Å²) >= 11 is 0. The van der Waals surface area contributed by atoms with Crippen molar-refractivity contribution in [2.24, 2.45) is 0 Å². The Labute approximate surface area is 158 Å². The molecule has 0 saturated carbocycles. The van der Waals surface area contributed by atoms with Gasteiger partial charge in [-0.1, -0.05) is 0 Å². The van der Waals surface area contributed by atoms with E-state index in [2.05, 4.69) is 14.9 Å². The first-order valence-electron chi connectivity index (χ1n) is 9.23. The Morgan fingerprint density at radius 3 is 2.59 bits per heavy atom. The molecule has 1 aromatic carbocycles. The minimum atomic E-state index is -0.456. The van der Waals surface area contributed by atoms with Gasteiger partial charge in [0.15, 0.2) is 17.6 Å². The molecule has 2 aromatic rings. The van der Waals surface area contributed by atoms with E-state index >= 15 is 0 Å². The SMILES string of the molecule is COc1cc2ncnc(N3CCOC(C(=O)N4CCCC4)C3)c2cc1OC. The van der Waals surface area contributed by atoms with E-state index < -0.39 is 6.10 Å². The molecule has 2 aliphatic heterocycles. The van der Waals surface area contributed by atoms with Crippen LogP contribution >= 0.6 is 0 Å². The van der Waals surface area contributed by atoms with Crippen LogP contribution in [0.2, 0.25) is 0 Å². The van der Waals surface area contributed by atoms with Crippen molar-refractivity contribution in [3.8, 4) is 11.5 Å². The van der Waals surface area contributed by atoms with Gasteiger partial charge in [0.2, 0.25) is 0 Å². The molecule has 1 unspecified atom stereocenters. The lowest BCUT2D eigenvalue weighted by Gasteiger charge is -2.35. The zero-order valence-corrected chi connectivity index (χ0v) is 15.7. The van der Waals surface area contributed by atoms with Gasteiger partial charge in [0.25, 0.3) is 5.91 Å². The van der Waals surface area contributed by atoms with Crippen molar-refractivity contribution in [3.63, 3.8) is 0 Å². The second-order valence-corrected chi connectivity index (χ2v) is 6.76. The van der Waals surface area contributed by atoms with E-state index in [0.717, 1.165) is 42.7 Å². The van der Waals surface area contributed by atoms with Gasteiger partial charge in [0.05, 0.1) is 32.9 Å². The van der Waals surface area contributed by atoms with Gasteiger partial charge in [-0.05, 0) is 18.9 Å². The number of aromatic nitrogens is 2. The smallest absolute Gasteiger partial charge is 0.253 e. The summed E-state index contributed by atoms with van der Waals surface area (Å²) in [5.41, 5.74) is 0.770. The lowest BCUT2D eigenvalue weighted by molar-refractivity contribution is -0.143. The molecule has 27 heavy (non-hydrogen) atoms. The molecule has 4 rings (SSSR count). The molecular weight excluding hydrogens is 348 g/mol. The zero-order chi connectivity index (χ0) is 18.8. The highest BCUT2D eigenvalue weighted by atomic mass is 16.5. The van der Waals surface area contributed by atoms with E-state index in [4.69, 9.17) is 14.2 Å². The van der Waals surface area contributed by atoms with Gasteiger partial charge in [-0.25, -0.2) is 9.97 Å². The normalized spacial score (nSPS) is 20.1. The molecule has 0 bridgehead atoms. The van der Waals surface area contributed by atoms with Crippen LogP contribution in [0.3, 0.4) is 0 Å². The van der Waals surface area contributed by atoms with Gasteiger partial charge in [-0.15, -0.1) is 0 Å². The number of methoxy groups -OCH3 is 2. The summed E-state index contributed by atoms with van der Waals surface area (Å²) in [5.74, 6) is 2.11. The molecule has 2 saturated heterocycles. The number of likely N-dealkylation sites (tertiary alicyclic amines) is 1. The van der Waals surface area contributed by atoms with Crippen LogP contribution in [0.25, 0.3) is 10.9 Å². The first-order chi connectivity index (χ1) is 13.2. The van der Waals surface area contributed by atoms with Crippen molar-refractivity contribution < 1.29 is 19.0 Å². The van der Waals surface area contributed by atoms with Crippen LogP contribution in [0.1, 0.15) is 12.8 Å². The number of carbonyl (C=O) groups is 1. The Bertz CT molecular complexity index is 838. The molecule has 8 heteroatoms. The Balaban J connectivity index is 1.63.